The minimum atomic E-state index is 0.451. The monoisotopic (exact) mass is 257 g/mol. The molecule has 100 valence electrons. The zero-order chi connectivity index (χ0) is 13.7. The molecule has 2 aromatic rings. The summed E-state index contributed by atoms with van der Waals surface area (Å²) in [7, 11) is 0. The minimum Gasteiger partial charge on any atom is -0.490 e. The number of nitrogens with two attached hydrogens (primary N) is 1. The predicted molar refractivity (Wildman–Crippen MR) is 76.8 cm³/mol. The molecule has 2 aromatic carbocycles. The third kappa shape index (κ3) is 3.26. The Labute approximate surface area is 114 Å². The summed E-state index contributed by atoms with van der Waals surface area (Å²) >= 11 is 0. The van der Waals surface area contributed by atoms with Crippen LogP contribution in [0.3, 0.4) is 0 Å². The third-order valence-corrected chi connectivity index (χ3v) is 2.81. The van der Waals surface area contributed by atoms with Gasteiger partial charge in [-0.2, -0.15) is 0 Å². The molecule has 19 heavy (non-hydrogen) atoms. The molecule has 0 spiro atoms. The number of aryl methyl sites for hydroxylation is 1. The molecule has 2 rings (SSSR count). The standard InChI is InChI=1S/C16H19NO2/c1-3-18-14-6-4-5-7-15(14)19-16-10-12(2)8-9-13(16)11-17/h4-10H,3,11,17H2,1-2H3. The maximum atomic E-state index is 5.96. The van der Waals surface area contributed by atoms with E-state index >= 15 is 0 Å². The second-order valence-corrected chi connectivity index (χ2v) is 4.30. The van der Waals surface area contributed by atoms with E-state index < -0.39 is 0 Å². The van der Waals surface area contributed by atoms with Gasteiger partial charge >= 0.3 is 0 Å². The van der Waals surface area contributed by atoms with Crippen LogP contribution < -0.4 is 15.2 Å². The molecule has 2 N–H and O–H groups in total. The van der Waals surface area contributed by atoms with E-state index in [1.54, 1.807) is 0 Å². The molecule has 3 heteroatoms. The van der Waals surface area contributed by atoms with Crippen molar-refractivity contribution in [1.29, 1.82) is 0 Å². The Morgan fingerprint density at radius 1 is 1.00 bits per heavy atom. The Morgan fingerprint density at radius 3 is 2.42 bits per heavy atom. The van der Waals surface area contributed by atoms with Gasteiger partial charge in [-0.1, -0.05) is 24.3 Å². The molecule has 0 radical (unpaired) electrons. The van der Waals surface area contributed by atoms with E-state index in [1.807, 2.05) is 56.3 Å². The largest absolute Gasteiger partial charge is 0.490 e. The normalized spacial score (nSPS) is 10.3. The van der Waals surface area contributed by atoms with Crippen LogP contribution in [0, 0.1) is 6.92 Å². The van der Waals surface area contributed by atoms with Gasteiger partial charge in [0.15, 0.2) is 11.5 Å². The summed E-state index contributed by atoms with van der Waals surface area (Å²) in [6.07, 6.45) is 0. The van der Waals surface area contributed by atoms with Crippen LogP contribution in [0.4, 0.5) is 0 Å². The molecule has 0 saturated heterocycles. The summed E-state index contributed by atoms with van der Waals surface area (Å²) in [4.78, 5) is 0. The Kier molecular flexibility index (Phi) is 4.42. The van der Waals surface area contributed by atoms with Gasteiger partial charge in [-0.05, 0) is 37.6 Å². The molecule has 0 aliphatic heterocycles. The number of ether oxygens (including phenoxy) is 2. The van der Waals surface area contributed by atoms with Crippen LogP contribution in [0.5, 0.6) is 17.2 Å². The molecule has 0 bridgehead atoms. The van der Waals surface area contributed by atoms with E-state index in [1.165, 1.54) is 0 Å². The molecule has 0 aromatic heterocycles. The highest BCUT2D eigenvalue weighted by Gasteiger charge is 2.08. The van der Waals surface area contributed by atoms with Gasteiger partial charge in [0, 0.05) is 12.1 Å². The van der Waals surface area contributed by atoms with Crippen molar-refractivity contribution in [1.82, 2.24) is 0 Å². The summed E-state index contributed by atoms with van der Waals surface area (Å²) < 4.78 is 11.5. The number of hydrogen-bond donors (Lipinski definition) is 1. The van der Waals surface area contributed by atoms with Gasteiger partial charge in [0.2, 0.25) is 0 Å². The van der Waals surface area contributed by atoms with Crippen LogP contribution in [0.25, 0.3) is 0 Å². The molecular formula is C16H19NO2. The lowest BCUT2D eigenvalue weighted by Crippen LogP contribution is -2.01. The second kappa shape index (κ2) is 6.25. The Morgan fingerprint density at radius 2 is 1.74 bits per heavy atom. The van der Waals surface area contributed by atoms with Crippen LogP contribution in [0.1, 0.15) is 18.1 Å². The fourth-order valence-electron chi connectivity index (χ4n) is 1.85. The fourth-order valence-corrected chi connectivity index (χ4v) is 1.85. The average molecular weight is 257 g/mol. The molecular weight excluding hydrogens is 238 g/mol. The van der Waals surface area contributed by atoms with Gasteiger partial charge in [-0.25, -0.2) is 0 Å². The third-order valence-electron chi connectivity index (χ3n) is 2.81. The van der Waals surface area contributed by atoms with E-state index in [0.29, 0.717) is 18.9 Å². The number of hydrogen-bond acceptors (Lipinski definition) is 3. The van der Waals surface area contributed by atoms with E-state index in [9.17, 15) is 0 Å². The van der Waals surface area contributed by atoms with E-state index in [-0.39, 0.29) is 0 Å². The van der Waals surface area contributed by atoms with Crippen LogP contribution in [-0.2, 0) is 6.54 Å². The van der Waals surface area contributed by atoms with Crippen molar-refractivity contribution >= 4 is 0 Å². The molecule has 0 fully saturated rings. The lowest BCUT2D eigenvalue weighted by molar-refractivity contribution is 0.321. The van der Waals surface area contributed by atoms with E-state index in [0.717, 1.165) is 22.6 Å². The first-order chi connectivity index (χ1) is 9.24. The predicted octanol–water partition coefficient (Wildman–Crippen LogP) is 3.64. The zero-order valence-corrected chi connectivity index (χ0v) is 11.3. The molecule has 0 aliphatic rings. The van der Waals surface area contributed by atoms with E-state index in [2.05, 4.69) is 0 Å². The maximum Gasteiger partial charge on any atom is 0.169 e. The fraction of sp³-hybridized carbons (Fsp3) is 0.250. The number of benzene rings is 2. The second-order valence-electron chi connectivity index (χ2n) is 4.30. The maximum absolute atomic E-state index is 5.96. The smallest absolute Gasteiger partial charge is 0.169 e. The van der Waals surface area contributed by atoms with Crippen LogP contribution >= 0.6 is 0 Å². The molecule has 0 saturated carbocycles. The number of para-hydroxylation sites is 2. The van der Waals surface area contributed by atoms with Crippen molar-refractivity contribution in [3.63, 3.8) is 0 Å². The summed E-state index contributed by atoms with van der Waals surface area (Å²) in [5.74, 6) is 2.24. The Balaban J connectivity index is 2.33. The summed E-state index contributed by atoms with van der Waals surface area (Å²) in [6, 6.07) is 13.7. The first-order valence-electron chi connectivity index (χ1n) is 6.44. The molecule has 0 aliphatic carbocycles. The van der Waals surface area contributed by atoms with Crippen LogP contribution in [-0.4, -0.2) is 6.61 Å². The highest BCUT2D eigenvalue weighted by atomic mass is 16.5. The van der Waals surface area contributed by atoms with Crippen molar-refractivity contribution < 1.29 is 9.47 Å². The first kappa shape index (κ1) is 13.4. The molecule has 3 nitrogen and oxygen atoms in total. The van der Waals surface area contributed by atoms with Gasteiger partial charge in [0.25, 0.3) is 0 Å². The van der Waals surface area contributed by atoms with Crippen molar-refractivity contribution in [2.24, 2.45) is 5.73 Å². The van der Waals surface area contributed by atoms with Gasteiger partial charge in [-0.3, -0.25) is 0 Å². The van der Waals surface area contributed by atoms with Crippen molar-refractivity contribution in [3.8, 4) is 17.2 Å². The van der Waals surface area contributed by atoms with Crippen molar-refractivity contribution in [2.45, 2.75) is 20.4 Å². The molecule has 0 atom stereocenters. The minimum absolute atomic E-state index is 0.451. The summed E-state index contributed by atoms with van der Waals surface area (Å²) in [5.41, 5.74) is 7.86. The zero-order valence-electron chi connectivity index (χ0n) is 11.3. The van der Waals surface area contributed by atoms with Gasteiger partial charge in [0.05, 0.1) is 6.61 Å². The van der Waals surface area contributed by atoms with Gasteiger partial charge in [-0.15, -0.1) is 0 Å². The number of rotatable bonds is 5. The van der Waals surface area contributed by atoms with Gasteiger partial charge < -0.3 is 15.2 Å². The SMILES string of the molecule is CCOc1ccccc1Oc1cc(C)ccc1CN. The average Bonchev–Trinajstić information content (AvgIpc) is 2.42. The summed E-state index contributed by atoms with van der Waals surface area (Å²) in [6.45, 7) is 5.04. The first-order valence-corrected chi connectivity index (χ1v) is 6.44. The summed E-state index contributed by atoms with van der Waals surface area (Å²) in [5, 5.41) is 0. The Hall–Kier alpha value is -2.00. The van der Waals surface area contributed by atoms with Crippen LogP contribution in [0.2, 0.25) is 0 Å². The lowest BCUT2D eigenvalue weighted by Gasteiger charge is -2.14. The molecule has 0 amide bonds. The lowest BCUT2D eigenvalue weighted by atomic mass is 10.1. The highest BCUT2D eigenvalue weighted by Crippen LogP contribution is 2.33. The van der Waals surface area contributed by atoms with Crippen molar-refractivity contribution in [3.05, 3.63) is 53.6 Å². The molecule has 0 heterocycles. The van der Waals surface area contributed by atoms with Crippen LogP contribution in [0.15, 0.2) is 42.5 Å². The topological polar surface area (TPSA) is 44.5 Å². The van der Waals surface area contributed by atoms with Crippen molar-refractivity contribution in [2.75, 3.05) is 6.61 Å². The molecule has 0 unspecified atom stereocenters. The Bertz CT molecular complexity index is 552. The van der Waals surface area contributed by atoms with E-state index in [4.69, 9.17) is 15.2 Å². The quantitative estimate of drug-likeness (QED) is 0.889. The highest BCUT2D eigenvalue weighted by molar-refractivity contribution is 5.45. The van der Waals surface area contributed by atoms with Gasteiger partial charge in [0.1, 0.15) is 5.75 Å².